The second kappa shape index (κ2) is 18.8. The number of allylic oxidation sites excluding steroid dienone is 3. The number of aryl methyl sites for hydroxylation is 1. The van der Waals surface area contributed by atoms with E-state index in [0.29, 0.717) is 30.1 Å². The number of hydrogen-bond acceptors (Lipinski definition) is 10. The Kier molecular flexibility index (Phi) is 13.1. The molecule has 2 amide bonds. The number of aliphatic imine (C=N–C) groups is 1. The number of pyridine rings is 1. The third-order valence-electron chi connectivity index (χ3n) is 11.6. The van der Waals surface area contributed by atoms with Crippen LogP contribution >= 0.6 is 0 Å². The standard InChI is InChI=1S/C50H57N9O3/c1-10-44(32(2)3)59-35(7)43(51-8)29-47(55-59)53-42-13-11-12-40(49(42)62-9)41-20-14-36(30-52-41)31-56-24-26-57(27-25-56)39-18-15-37(16-19-39)38-17-21-45(34(6)28-38)58(33(4)5)46-22-23-48(60)54-50(46)61/h10-21,28-30,46,51H,2,4,7,22-27,31H2,1,3,5-6,8-9H3,(H,53,55)(H,54,60,61)/b44-10-. The minimum atomic E-state index is -0.461. The highest BCUT2D eigenvalue weighted by Gasteiger charge is 2.33. The molecular weight excluding hydrogens is 775 g/mol. The summed E-state index contributed by atoms with van der Waals surface area (Å²) in [5.41, 5.74) is 16.4. The predicted molar refractivity (Wildman–Crippen MR) is 251 cm³/mol. The number of anilines is 2. The number of benzene rings is 3. The predicted octanol–water partition coefficient (Wildman–Crippen LogP) is 8.15. The minimum Gasteiger partial charge on any atom is -0.494 e. The Balaban J connectivity index is 0.971. The van der Waals surface area contributed by atoms with Gasteiger partial charge >= 0.3 is 0 Å². The van der Waals surface area contributed by atoms with Gasteiger partial charge in [-0.05, 0) is 104 Å². The molecule has 3 N–H and O–H groups in total. The summed E-state index contributed by atoms with van der Waals surface area (Å²) in [5, 5.41) is 7.60. The van der Waals surface area contributed by atoms with Gasteiger partial charge in [0.1, 0.15) is 17.6 Å². The molecule has 62 heavy (non-hydrogen) atoms. The van der Waals surface area contributed by atoms with E-state index in [9.17, 15) is 9.59 Å². The Bertz CT molecular complexity index is 2480. The van der Waals surface area contributed by atoms with Crippen molar-refractivity contribution in [2.75, 3.05) is 50.1 Å². The van der Waals surface area contributed by atoms with Crippen LogP contribution in [0.25, 0.3) is 22.4 Å². The van der Waals surface area contributed by atoms with Crippen LogP contribution in [0.3, 0.4) is 0 Å². The number of piperidine rings is 1. The van der Waals surface area contributed by atoms with Crippen LogP contribution in [0.5, 0.6) is 5.75 Å². The van der Waals surface area contributed by atoms with E-state index in [2.05, 4.69) is 101 Å². The maximum atomic E-state index is 12.7. The van der Waals surface area contributed by atoms with Gasteiger partial charge in [-0.2, -0.15) is 0 Å². The second-order valence-corrected chi connectivity index (χ2v) is 15.9. The SMILES string of the molecule is C=C(C)/C(=C/C)N1NC(=Nc2cccc(-c3ccc(CN4CCN(c5ccc(-c6ccc(N(C(=C)C)C7CCC(=O)NC7=O)c(C)c6)cc5)CC4)cn3)c2OC)C=C(NC)C1=C. The zero-order valence-corrected chi connectivity index (χ0v) is 36.7. The molecule has 1 aromatic heterocycles. The molecule has 0 spiro atoms. The quantitative estimate of drug-likeness (QED) is 0.0901. The molecule has 0 aliphatic carbocycles. The number of piperazine rings is 1. The van der Waals surface area contributed by atoms with Gasteiger partial charge in [-0.1, -0.05) is 56.1 Å². The molecule has 0 radical (unpaired) electrons. The largest absolute Gasteiger partial charge is 0.494 e. The number of carbonyl (C=O) groups excluding carboxylic acids is 2. The minimum absolute atomic E-state index is 0.226. The summed E-state index contributed by atoms with van der Waals surface area (Å²) in [4.78, 5) is 41.2. The van der Waals surface area contributed by atoms with Crippen LogP contribution in [0.15, 0.2) is 144 Å². The summed E-state index contributed by atoms with van der Waals surface area (Å²) in [7, 11) is 3.52. The van der Waals surface area contributed by atoms with Gasteiger partial charge in [0.05, 0.1) is 29.9 Å². The molecule has 2 fully saturated rings. The molecule has 1 atom stereocenters. The first-order valence-electron chi connectivity index (χ1n) is 21.0. The highest BCUT2D eigenvalue weighted by Crippen LogP contribution is 2.38. The number of aromatic nitrogens is 1. The van der Waals surface area contributed by atoms with E-state index in [1.165, 1.54) is 5.69 Å². The summed E-state index contributed by atoms with van der Waals surface area (Å²) < 4.78 is 5.95. The van der Waals surface area contributed by atoms with Gasteiger partial charge in [0, 0.05) is 81.1 Å². The zero-order chi connectivity index (χ0) is 44.1. The Hall–Kier alpha value is -6.92. The summed E-state index contributed by atoms with van der Waals surface area (Å²) >= 11 is 0. The molecule has 0 bridgehead atoms. The number of hydrazine groups is 1. The first-order valence-corrected chi connectivity index (χ1v) is 21.0. The van der Waals surface area contributed by atoms with Crippen molar-refractivity contribution in [1.82, 2.24) is 31.0 Å². The Morgan fingerprint density at radius 1 is 1.02 bits per heavy atom. The molecule has 1 unspecified atom stereocenters. The lowest BCUT2D eigenvalue weighted by Gasteiger charge is -2.36. The molecule has 4 aromatic rings. The van der Waals surface area contributed by atoms with Gasteiger partial charge < -0.3 is 19.9 Å². The lowest BCUT2D eigenvalue weighted by Crippen LogP contribution is -2.52. The van der Waals surface area contributed by atoms with Crippen molar-refractivity contribution in [2.24, 2.45) is 4.99 Å². The van der Waals surface area contributed by atoms with E-state index in [4.69, 9.17) is 14.7 Å². The van der Waals surface area contributed by atoms with Crippen molar-refractivity contribution in [1.29, 1.82) is 0 Å². The van der Waals surface area contributed by atoms with Crippen LogP contribution < -0.4 is 30.6 Å². The van der Waals surface area contributed by atoms with E-state index >= 15 is 0 Å². The van der Waals surface area contributed by atoms with Crippen molar-refractivity contribution in [3.63, 3.8) is 0 Å². The van der Waals surface area contributed by atoms with E-state index in [-0.39, 0.29) is 11.8 Å². The molecule has 12 heteroatoms. The highest BCUT2D eigenvalue weighted by atomic mass is 16.5. The molecule has 0 saturated carbocycles. The van der Waals surface area contributed by atoms with Crippen LogP contribution in [-0.2, 0) is 16.1 Å². The number of likely N-dealkylation sites (N-methyl/N-ethyl adjacent to an activating group) is 1. The summed E-state index contributed by atoms with van der Waals surface area (Å²) in [6.07, 6.45) is 6.66. The van der Waals surface area contributed by atoms with Crippen molar-refractivity contribution in [3.8, 4) is 28.1 Å². The number of methoxy groups -OCH3 is 1. The van der Waals surface area contributed by atoms with Crippen LogP contribution in [-0.4, -0.2) is 78.9 Å². The third kappa shape index (κ3) is 9.20. The number of nitrogens with zero attached hydrogens (tertiary/aromatic N) is 6. The average molecular weight is 832 g/mol. The van der Waals surface area contributed by atoms with Crippen molar-refractivity contribution >= 4 is 34.7 Å². The van der Waals surface area contributed by atoms with Crippen molar-refractivity contribution in [3.05, 3.63) is 150 Å². The number of rotatable bonds is 13. The number of imide groups is 1. The molecule has 3 aromatic carbocycles. The lowest BCUT2D eigenvalue weighted by atomic mass is 9.98. The van der Waals surface area contributed by atoms with Gasteiger partial charge in [0.2, 0.25) is 11.8 Å². The molecule has 4 heterocycles. The Labute approximate surface area is 365 Å². The fraction of sp³-hybridized carbons (Fsp3) is 0.280. The first kappa shape index (κ1) is 43.2. The van der Waals surface area contributed by atoms with Gasteiger partial charge in [-0.3, -0.25) is 35.2 Å². The van der Waals surface area contributed by atoms with E-state index < -0.39 is 6.04 Å². The van der Waals surface area contributed by atoms with E-state index in [1.54, 1.807) is 7.11 Å². The van der Waals surface area contributed by atoms with Gasteiger partial charge in [-0.15, -0.1) is 0 Å². The van der Waals surface area contributed by atoms with Crippen molar-refractivity contribution < 1.29 is 14.3 Å². The first-order chi connectivity index (χ1) is 29.9. The average Bonchev–Trinajstić information content (AvgIpc) is 3.26. The fourth-order valence-corrected chi connectivity index (χ4v) is 8.40. The number of para-hydroxylation sites is 1. The van der Waals surface area contributed by atoms with E-state index in [1.807, 2.05) is 80.3 Å². The molecule has 3 aliphatic rings. The topological polar surface area (TPSA) is 118 Å². The number of nitrogens with one attached hydrogen (secondary N) is 3. The van der Waals surface area contributed by atoms with Crippen LogP contribution in [0.2, 0.25) is 0 Å². The Morgan fingerprint density at radius 3 is 2.37 bits per heavy atom. The summed E-state index contributed by atoms with van der Waals surface area (Å²) in [5.74, 6) is 0.755. The van der Waals surface area contributed by atoms with Crippen LogP contribution in [0.1, 0.15) is 44.7 Å². The smallest absolute Gasteiger partial charge is 0.249 e. The molecule has 3 aliphatic heterocycles. The van der Waals surface area contributed by atoms with Crippen LogP contribution in [0, 0.1) is 6.92 Å². The second-order valence-electron chi connectivity index (χ2n) is 15.9. The number of carbonyl (C=O) groups is 2. The molecule has 320 valence electrons. The maximum absolute atomic E-state index is 12.7. The molecule has 2 saturated heterocycles. The highest BCUT2D eigenvalue weighted by molar-refractivity contribution is 6.02. The molecular formula is C50H57N9O3. The van der Waals surface area contributed by atoms with Crippen LogP contribution in [0.4, 0.5) is 17.1 Å². The molecule has 7 rings (SSSR count). The number of hydrogen-bond donors (Lipinski definition) is 3. The fourth-order valence-electron chi connectivity index (χ4n) is 8.40. The number of amides is 2. The molecule has 12 nitrogen and oxygen atoms in total. The number of ether oxygens (including phenoxy) is 1. The normalized spacial score (nSPS) is 17.9. The number of amidine groups is 1. The third-order valence-corrected chi connectivity index (χ3v) is 11.6. The summed E-state index contributed by atoms with van der Waals surface area (Å²) in [6, 6.07) is 24.7. The van der Waals surface area contributed by atoms with Gasteiger partial charge in [0.25, 0.3) is 0 Å². The zero-order valence-electron chi connectivity index (χ0n) is 36.7. The van der Waals surface area contributed by atoms with Crippen molar-refractivity contribution in [2.45, 2.75) is 53.1 Å². The van der Waals surface area contributed by atoms with E-state index in [0.717, 1.165) is 100 Å². The lowest BCUT2D eigenvalue weighted by molar-refractivity contribution is -0.134. The Morgan fingerprint density at radius 2 is 1.76 bits per heavy atom. The summed E-state index contributed by atoms with van der Waals surface area (Å²) in [6.45, 7) is 25.0. The maximum Gasteiger partial charge on any atom is 0.249 e. The van der Waals surface area contributed by atoms with Gasteiger partial charge in [-0.25, -0.2) is 4.99 Å². The monoisotopic (exact) mass is 831 g/mol. The van der Waals surface area contributed by atoms with Gasteiger partial charge in [0.15, 0.2) is 5.75 Å².